The van der Waals surface area contributed by atoms with Crippen LogP contribution in [0.1, 0.15) is 46.0 Å². The second kappa shape index (κ2) is 8.70. The largest absolute Gasteiger partial charge is 0.378 e. The van der Waals surface area contributed by atoms with Gasteiger partial charge in [-0.3, -0.25) is 0 Å². The fraction of sp³-hybridized carbons (Fsp3) is 0.917. The second-order valence-corrected chi connectivity index (χ2v) is 4.16. The van der Waals surface area contributed by atoms with Crippen molar-refractivity contribution in [3.8, 4) is 6.07 Å². The zero-order valence-corrected chi connectivity index (χ0v) is 10.3. The van der Waals surface area contributed by atoms with E-state index in [0.717, 1.165) is 13.0 Å². The molecule has 0 heterocycles. The number of nitriles is 1. The van der Waals surface area contributed by atoms with Crippen molar-refractivity contribution < 1.29 is 4.74 Å². The first-order chi connectivity index (χ1) is 7.18. The molecule has 0 aliphatic carbocycles. The lowest BCUT2D eigenvalue weighted by molar-refractivity contribution is 0.0949. The standard InChI is InChI=1S/C12H24N2O/c1-4-5-6-7-8-9-15-11-12(2,10-13)14-3/h14H,4-9,11H2,1-3H3. The lowest BCUT2D eigenvalue weighted by Gasteiger charge is -2.20. The SMILES string of the molecule is CCCCCCCOCC(C)(C#N)NC. The summed E-state index contributed by atoms with van der Waals surface area (Å²) in [7, 11) is 1.79. The Morgan fingerprint density at radius 2 is 1.93 bits per heavy atom. The van der Waals surface area contributed by atoms with Gasteiger partial charge in [0.15, 0.2) is 0 Å². The summed E-state index contributed by atoms with van der Waals surface area (Å²) in [5.74, 6) is 0. The van der Waals surface area contributed by atoms with E-state index in [1.807, 2.05) is 6.92 Å². The Balaban J connectivity index is 3.35. The molecule has 3 heteroatoms. The van der Waals surface area contributed by atoms with Crippen LogP contribution in [0.25, 0.3) is 0 Å². The number of nitrogens with zero attached hydrogens (tertiary/aromatic N) is 1. The molecular formula is C12H24N2O. The summed E-state index contributed by atoms with van der Waals surface area (Å²) in [6.45, 7) is 5.29. The van der Waals surface area contributed by atoms with Crippen molar-refractivity contribution in [2.24, 2.45) is 0 Å². The average Bonchev–Trinajstić information content (AvgIpc) is 2.27. The van der Waals surface area contributed by atoms with Gasteiger partial charge in [0.2, 0.25) is 0 Å². The van der Waals surface area contributed by atoms with E-state index in [9.17, 15) is 0 Å². The zero-order valence-electron chi connectivity index (χ0n) is 10.3. The van der Waals surface area contributed by atoms with Crippen molar-refractivity contribution >= 4 is 0 Å². The minimum atomic E-state index is -0.538. The average molecular weight is 212 g/mol. The van der Waals surface area contributed by atoms with Crippen molar-refractivity contribution in [3.63, 3.8) is 0 Å². The van der Waals surface area contributed by atoms with Gasteiger partial charge in [-0.05, 0) is 20.4 Å². The molecule has 1 N–H and O–H groups in total. The Morgan fingerprint density at radius 1 is 1.27 bits per heavy atom. The van der Waals surface area contributed by atoms with E-state index in [4.69, 9.17) is 10.00 Å². The maximum absolute atomic E-state index is 8.87. The molecule has 0 rings (SSSR count). The number of likely N-dealkylation sites (N-methyl/N-ethyl adjacent to an activating group) is 1. The molecule has 3 nitrogen and oxygen atoms in total. The summed E-state index contributed by atoms with van der Waals surface area (Å²) < 4.78 is 5.48. The van der Waals surface area contributed by atoms with Crippen molar-refractivity contribution in [3.05, 3.63) is 0 Å². The molecule has 0 aromatic heterocycles. The molecular weight excluding hydrogens is 188 g/mol. The van der Waals surface area contributed by atoms with Crippen LogP contribution >= 0.6 is 0 Å². The maximum Gasteiger partial charge on any atom is 0.127 e. The number of nitrogens with one attached hydrogen (secondary N) is 1. The van der Waals surface area contributed by atoms with E-state index < -0.39 is 5.54 Å². The van der Waals surface area contributed by atoms with Gasteiger partial charge < -0.3 is 10.1 Å². The maximum atomic E-state index is 8.87. The molecule has 1 unspecified atom stereocenters. The molecule has 88 valence electrons. The van der Waals surface area contributed by atoms with Gasteiger partial charge in [-0.25, -0.2) is 0 Å². The topological polar surface area (TPSA) is 45.0 Å². The Labute approximate surface area is 93.8 Å². The molecule has 0 fully saturated rings. The summed E-state index contributed by atoms with van der Waals surface area (Å²) in [5, 5.41) is 11.8. The second-order valence-electron chi connectivity index (χ2n) is 4.16. The molecule has 0 radical (unpaired) electrons. The fourth-order valence-electron chi connectivity index (χ4n) is 1.24. The van der Waals surface area contributed by atoms with Crippen molar-refractivity contribution in [1.82, 2.24) is 5.32 Å². The number of rotatable bonds is 9. The minimum absolute atomic E-state index is 0.466. The molecule has 0 saturated carbocycles. The van der Waals surface area contributed by atoms with E-state index >= 15 is 0 Å². The van der Waals surface area contributed by atoms with Gasteiger partial charge in [0.1, 0.15) is 5.54 Å². The molecule has 0 bridgehead atoms. The van der Waals surface area contributed by atoms with E-state index in [1.54, 1.807) is 7.05 Å². The van der Waals surface area contributed by atoms with Crippen molar-refractivity contribution in [1.29, 1.82) is 5.26 Å². The Bertz CT molecular complexity index is 189. The highest BCUT2D eigenvalue weighted by Crippen LogP contribution is 2.05. The van der Waals surface area contributed by atoms with Gasteiger partial charge in [-0.1, -0.05) is 32.6 Å². The molecule has 0 saturated heterocycles. The van der Waals surface area contributed by atoms with Gasteiger partial charge >= 0.3 is 0 Å². The molecule has 0 aliphatic heterocycles. The third-order valence-corrected chi connectivity index (χ3v) is 2.58. The molecule has 0 spiro atoms. The third-order valence-electron chi connectivity index (χ3n) is 2.58. The third kappa shape index (κ3) is 7.35. The first kappa shape index (κ1) is 14.4. The molecule has 15 heavy (non-hydrogen) atoms. The highest BCUT2D eigenvalue weighted by Gasteiger charge is 2.20. The summed E-state index contributed by atoms with van der Waals surface area (Å²) >= 11 is 0. The molecule has 1 atom stereocenters. The first-order valence-electron chi connectivity index (χ1n) is 5.86. The van der Waals surface area contributed by atoms with Crippen LogP contribution in [0.3, 0.4) is 0 Å². The van der Waals surface area contributed by atoms with E-state index in [-0.39, 0.29) is 0 Å². The van der Waals surface area contributed by atoms with Crippen molar-refractivity contribution in [2.45, 2.75) is 51.5 Å². The van der Waals surface area contributed by atoms with E-state index in [2.05, 4.69) is 18.3 Å². The summed E-state index contributed by atoms with van der Waals surface area (Å²) in [6.07, 6.45) is 6.21. The highest BCUT2D eigenvalue weighted by atomic mass is 16.5. The van der Waals surface area contributed by atoms with Gasteiger partial charge in [-0.15, -0.1) is 0 Å². The normalized spacial score (nSPS) is 14.5. The van der Waals surface area contributed by atoms with Crippen molar-refractivity contribution in [2.75, 3.05) is 20.3 Å². The van der Waals surface area contributed by atoms with Gasteiger partial charge in [0.05, 0.1) is 12.7 Å². The van der Waals surface area contributed by atoms with Crippen LogP contribution in [0.5, 0.6) is 0 Å². The quantitative estimate of drug-likeness (QED) is 0.597. The van der Waals surface area contributed by atoms with Gasteiger partial charge in [0.25, 0.3) is 0 Å². The van der Waals surface area contributed by atoms with E-state index in [1.165, 1.54) is 25.7 Å². The lowest BCUT2D eigenvalue weighted by Crippen LogP contribution is -2.42. The van der Waals surface area contributed by atoms with Crippen LogP contribution in [0.4, 0.5) is 0 Å². The van der Waals surface area contributed by atoms with Crippen LogP contribution in [-0.4, -0.2) is 25.8 Å². The molecule has 0 aliphatic rings. The monoisotopic (exact) mass is 212 g/mol. The van der Waals surface area contributed by atoms with Crippen LogP contribution in [0.2, 0.25) is 0 Å². The Hall–Kier alpha value is -0.590. The predicted octanol–water partition coefficient (Wildman–Crippen LogP) is 2.48. The number of ether oxygens (including phenoxy) is 1. The Kier molecular flexibility index (Phi) is 8.35. The minimum Gasteiger partial charge on any atom is -0.378 e. The number of hydrogen-bond acceptors (Lipinski definition) is 3. The summed E-state index contributed by atoms with van der Waals surface area (Å²) in [6, 6.07) is 2.20. The van der Waals surface area contributed by atoms with Crippen LogP contribution in [0.15, 0.2) is 0 Å². The number of hydrogen-bond donors (Lipinski definition) is 1. The van der Waals surface area contributed by atoms with Crippen LogP contribution < -0.4 is 5.32 Å². The summed E-state index contributed by atoms with van der Waals surface area (Å²) in [4.78, 5) is 0. The zero-order chi connectivity index (χ0) is 11.6. The lowest BCUT2D eigenvalue weighted by atomic mass is 10.1. The smallest absolute Gasteiger partial charge is 0.127 e. The molecule has 0 aromatic rings. The molecule has 0 amide bonds. The first-order valence-corrected chi connectivity index (χ1v) is 5.86. The summed E-state index contributed by atoms with van der Waals surface area (Å²) in [5.41, 5.74) is -0.538. The van der Waals surface area contributed by atoms with Gasteiger partial charge in [-0.2, -0.15) is 5.26 Å². The number of unbranched alkanes of at least 4 members (excludes halogenated alkanes) is 4. The molecule has 0 aromatic carbocycles. The van der Waals surface area contributed by atoms with Crippen LogP contribution in [0, 0.1) is 11.3 Å². The predicted molar refractivity (Wildman–Crippen MR) is 62.7 cm³/mol. The highest BCUT2D eigenvalue weighted by molar-refractivity contribution is 5.02. The van der Waals surface area contributed by atoms with Crippen LogP contribution in [-0.2, 0) is 4.74 Å². The Morgan fingerprint density at radius 3 is 2.47 bits per heavy atom. The van der Waals surface area contributed by atoms with Gasteiger partial charge in [0, 0.05) is 6.61 Å². The fourth-order valence-corrected chi connectivity index (χ4v) is 1.24. The van der Waals surface area contributed by atoms with E-state index in [0.29, 0.717) is 6.61 Å².